The summed E-state index contributed by atoms with van der Waals surface area (Å²) < 4.78 is 19.1. The van der Waals surface area contributed by atoms with E-state index in [1.165, 1.54) is 5.56 Å². The van der Waals surface area contributed by atoms with E-state index < -0.39 is 10.8 Å². The summed E-state index contributed by atoms with van der Waals surface area (Å²) in [4.78, 5) is 26.3. The van der Waals surface area contributed by atoms with Crippen LogP contribution in [0.25, 0.3) is 0 Å². The van der Waals surface area contributed by atoms with Crippen LogP contribution in [-0.4, -0.2) is 69.6 Å². The second kappa shape index (κ2) is 10.1. The Kier molecular flexibility index (Phi) is 6.95. The van der Waals surface area contributed by atoms with Crippen LogP contribution < -0.4 is 15.0 Å². The molecule has 0 spiro atoms. The zero-order valence-electron chi connectivity index (χ0n) is 20.8. The number of aryl methyl sites for hydroxylation is 1. The molecule has 0 saturated carbocycles. The van der Waals surface area contributed by atoms with Crippen molar-refractivity contribution in [1.82, 2.24) is 14.9 Å². The number of fused-ring (bicyclic) bond motifs is 1. The number of carbonyl (C=O) groups excluding carboxylic acids is 1. The number of ether oxygens (including phenoxy) is 1. The van der Waals surface area contributed by atoms with E-state index in [2.05, 4.69) is 42.3 Å². The normalized spacial score (nSPS) is 23.0. The molecule has 188 valence electrons. The first-order valence-electron chi connectivity index (χ1n) is 12.7. The van der Waals surface area contributed by atoms with Gasteiger partial charge in [0.1, 0.15) is 22.6 Å². The maximum Gasteiger partial charge on any atom is 0.227 e. The summed E-state index contributed by atoms with van der Waals surface area (Å²) in [7, 11) is 0.745. The summed E-state index contributed by atoms with van der Waals surface area (Å²) in [6.45, 7) is 6.64. The highest BCUT2D eigenvalue weighted by Gasteiger charge is 2.31. The Labute approximate surface area is 209 Å². The molecule has 2 saturated heterocycles. The number of rotatable bonds is 6. The number of nitrogens with zero attached hydrogens (tertiary/aromatic N) is 4. The number of benzene rings is 1. The van der Waals surface area contributed by atoms with Gasteiger partial charge in [-0.3, -0.25) is 9.00 Å². The van der Waals surface area contributed by atoms with Crippen LogP contribution in [0, 0.1) is 0 Å². The average Bonchev–Trinajstić information content (AvgIpc) is 3.23. The number of amides is 1. The molecule has 1 amide bonds. The predicted molar refractivity (Wildman–Crippen MR) is 138 cm³/mol. The van der Waals surface area contributed by atoms with Gasteiger partial charge in [0.15, 0.2) is 0 Å². The number of hydrogen-bond acceptors (Lipinski definition) is 7. The highest BCUT2D eigenvalue weighted by Crippen LogP contribution is 2.33. The molecule has 2 atom stereocenters. The molecule has 1 N–H and O–H groups in total. The van der Waals surface area contributed by atoms with Crippen molar-refractivity contribution in [2.45, 2.75) is 68.9 Å². The van der Waals surface area contributed by atoms with Crippen molar-refractivity contribution in [2.24, 2.45) is 0 Å². The molecule has 9 heteroatoms. The Hall–Kier alpha value is -2.68. The smallest absolute Gasteiger partial charge is 0.227 e. The first-order valence-corrected chi connectivity index (χ1v) is 14.0. The lowest BCUT2D eigenvalue weighted by atomic mass is 10.0. The van der Waals surface area contributed by atoms with E-state index in [1.54, 1.807) is 4.90 Å². The van der Waals surface area contributed by atoms with Gasteiger partial charge in [-0.25, -0.2) is 4.98 Å². The Morgan fingerprint density at radius 2 is 1.89 bits per heavy atom. The molecule has 35 heavy (non-hydrogen) atoms. The summed E-state index contributed by atoms with van der Waals surface area (Å²) in [5.41, 5.74) is 2.14. The van der Waals surface area contributed by atoms with Gasteiger partial charge in [0, 0.05) is 64.2 Å². The molecular weight excluding hydrogens is 462 g/mol. The van der Waals surface area contributed by atoms with Gasteiger partial charge in [0.25, 0.3) is 0 Å². The molecule has 1 aromatic heterocycles. The van der Waals surface area contributed by atoms with E-state index in [0.717, 1.165) is 48.7 Å². The van der Waals surface area contributed by atoms with Gasteiger partial charge in [-0.2, -0.15) is 4.98 Å². The second-order valence-corrected chi connectivity index (χ2v) is 11.6. The van der Waals surface area contributed by atoms with E-state index in [1.807, 2.05) is 13.1 Å². The number of carbonyl (C=O) groups is 1. The molecule has 5 rings (SSSR count). The van der Waals surface area contributed by atoms with Crippen LogP contribution in [0.1, 0.15) is 56.7 Å². The third-order valence-corrected chi connectivity index (χ3v) is 8.66. The van der Waals surface area contributed by atoms with Gasteiger partial charge in [-0.05, 0) is 24.0 Å². The summed E-state index contributed by atoms with van der Waals surface area (Å²) in [6, 6.07) is 8.42. The molecule has 2 aromatic rings. The van der Waals surface area contributed by atoms with Crippen LogP contribution in [0.15, 0.2) is 29.2 Å². The van der Waals surface area contributed by atoms with Crippen molar-refractivity contribution >= 4 is 28.5 Å². The van der Waals surface area contributed by atoms with Crippen LogP contribution in [0.5, 0.6) is 5.75 Å². The Balaban J connectivity index is 1.29. The number of nitrogens with one attached hydrogen (secondary N) is 1. The minimum Gasteiger partial charge on any atom is -0.490 e. The molecule has 1 unspecified atom stereocenters. The molecule has 8 nitrogen and oxygen atoms in total. The zero-order chi connectivity index (χ0) is 24.5. The van der Waals surface area contributed by atoms with Crippen molar-refractivity contribution in [3.63, 3.8) is 0 Å². The summed E-state index contributed by atoms with van der Waals surface area (Å²) in [6.07, 6.45) is 3.95. The largest absolute Gasteiger partial charge is 0.490 e. The quantitative estimate of drug-likeness (QED) is 0.655. The second-order valence-electron chi connectivity index (χ2n) is 10.1. The fourth-order valence-corrected chi connectivity index (χ4v) is 6.48. The van der Waals surface area contributed by atoms with Gasteiger partial charge in [-0.1, -0.05) is 32.0 Å². The van der Waals surface area contributed by atoms with E-state index in [4.69, 9.17) is 14.7 Å². The van der Waals surface area contributed by atoms with Crippen molar-refractivity contribution in [3.05, 3.63) is 35.5 Å². The molecule has 2 fully saturated rings. The molecule has 0 aliphatic carbocycles. The van der Waals surface area contributed by atoms with Crippen molar-refractivity contribution in [2.75, 3.05) is 42.7 Å². The fraction of sp³-hybridized carbons (Fsp3) is 0.577. The minimum absolute atomic E-state index is 0.0994. The van der Waals surface area contributed by atoms with E-state index in [9.17, 15) is 9.00 Å². The number of likely N-dealkylation sites (N-methyl/N-ethyl adjacent to an activating group) is 1. The maximum atomic E-state index is 12.7. The van der Waals surface area contributed by atoms with Crippen molar-refractivity contribution in [1.29, 1.82) is 0 Å². The van der Waals surface area contributed by atoms with Gasteiger partial charge < -0.3 is 19.9 Å². The van der Waals surface area contributed by atoms with Crippen LogP contribution in [0.4, 0.5) is 11.8 Å². The Morgan fingerprint density at radius 3 is 2.63 bits per heavy atom. The van der Waals surface area contributed by atoms with E-state index in [0.29, 0.717) is 42.8 Å². The first-order chi connectivity index (χ1) is 16.9. The molecular formula is C26H35N5O3S. The van der Waals surface area contributed by atoms with Crippen LogP contribution in [0.3, 0.4) is 0 Å². The zero-order valence-corrected chi connectivity index (χ0v) is 21.6. The molecule has 0 radical (unpaired) electrons. The lowest BCUT2D eigenvalue weighted by Gasteiger charge is -2.34. The standard InChI is InChI=1S/C26H35N5O3S/c1-17(2)20-6-4-5-7-22(20)34-19-10-13-31(14-11-19)26-28-21-12-15-35(33)24(21)25(29-26)27-18-8-9-23(32)30(3)16-18/h4-7,17-19H,8-16H2,1-3H3,(H,27,28,29)/t18-,35?/m0/s1. The number of para-hydroxylation sites is 1. The van der Waals surface area contributed by atoms with Gasteiger partial charge in [-0.15, -0.1) is 0 Å². The molecule has 0 bridgehead atoms. The number of hydrogen-bond donors (Lipinski definition) is 1. The van der Waals surface area contributed by atoms with Crippen molar-refractivity contribution in [3.8, 4) is 5.75 Å². The van der Waals surface area contributed by atoms with Crippen LogP contribution >= 0.6 is 0 Å². The van der Waals surface area contributed by atoms with E-state index in [-0.39, 0.29) is 18.1 Å². The van der Waals surface area contributed by atoms with Gasteiger partial charge in [0.05, 0.1) is 16.5 Å². The van der Waals surface area contributed by atoms with Gasteiger partial charge >= 0.3 is 0 Å². The number of piperidine rings is 2. The highest BCUT2D eigenvalue weighted by molar-refractivity contribution is 7.85. The summed E-state index contributed by atoms with van der Waals surface area (Å²) in [5.74, 6) is 3.55. The molecule has 3 aliphatic heterocycles. The predicted octanol–water partition coefficient (Wildman–Crippen LogP) is 3.34. The minimum atomic E-state index is -1.08. The Bertz CT molecular complexity index is 1120. The molecule has 1 aromatic carbocycles. The number of likely N-dealkylation sites (tertiary alicyclic amines) is 1. The number of anilines is 2. The van der Waals surface area contributed by atoms with Gasteiger partial charge in [0.2, 0.25) is 11.9 Å². The summed E-state index contributed by atoms with van der Waals surface area (Å²) in [5, 5.41) is 3.51. The van der Waals surface area contributed by atoms with E-state index >= 15 is 0 Å². The number of aromatic nitrogens is 2. The fourth-order valence-electron chi connectivity index (χ4n) is 5.16. The molecule has 4 heterocycles. The van der Waals surface area contributed by atoms with Crippen LogP contribution in [0.2, 0.25) is 0 Å². The Morgan fingerprint density at radius 1 is 1.11 bits per heavy atom. The third-order valence-electron chi connectivity index (χ3n) is 7.20. The maximum absolute atomic E-state index is 12.7. The summed E-state index contributed by atoms with van der Waals surface area (Å²) >= 11 is 0. The third kappa shape index (κ3) is 5.15. The molecule has 3 aliphatic rings. The SMILES string of the molecule is CC(C)c1ccccc1OC1CCN(c2nc3c(c(N[C@H]4CCC(=O)N(C)C4)n2)S(=O)CC3)CC1. The first kappa shape index (κ1) is 24.0. The van der Waals surface area contributed by atoms with Crippen molar-refractivity contribution < 1.29 is 13.7 Å². The monoisotopic (exact) mass is 497 g/mol. The average molecular weight is 498 g/mol. The lowest BCUT2D eigenvalue weighted by Crippen LogP contribution is -2.43. The highest BCUT2D eigenvalue weighted by atomic mass is 32.2. The lowest BCUT2D eigenvalue weighted by molar-refractivity contribution is -0.132. The topological polar surface area (TPSA) is 87.7 Å². The van der Waals surface area contributed by atoms with Crippen LogP contribution in [-0.2, 0) is 22.0 Å².